The van der Waals surface area contributed by atoms with E-state index in [4.69, 9.17) is 9.47 Å². The average Bonchev–Trinajstić information content (AvgIpc) is 2.86. The van der Waals surface area contributed by atoms with E-state index in [0.717, 1.165) is 19.3 Å². The van der Waals surface area contributed by atoms with E-state index in [2.05, 4.69) is 17.6 Å². The van der Waals surface area contributed by atoms with E-state index in [0.29, 0.717) is 35.5 Å². The Labute approximate surface area is 231 Å². The minimum Gasteiger partial charge on any atom is -0.508 e. The minimum absolute atomic E-state index is 0.0915. The van der Waals surface area contributed by atoms with E-state index in [9.17, 15) is 19.5 Å². The Balaban J connectivity index is 2.45. The van der Waals surface area contributed by atoms with Gasteiger partial charge in [0.25, 0.3) is 5.91 Å². The van der Waals surface area contributed by atoms with Gasteiger partial charge >= 0.3 is 6.09 Å². The van der Waals surface area contributed by atoms with Crippen molar-refractivity contribution in [1.82, 2.24) is 10.2 Å². The van der Waals surface area contributed by atoms with Gasteiger partial charge in [-0.3, -0.25) is 9.59 Å². The van der Waals surface area contributed by atoms with Crippen LogP contribution in [0.4, 0.5) is 10.5 Å². The Morgan fingerprint density at radius 2 is 1.69 bits per heavy atom. The molecule has 2 aromatic carbocycles. The Kier molecular flexibility index (Phi) is 11.6. The number of phenols is 1. The molecule has 2 atom stereocenters. The fraction of sp³-hybridized carbons (Fsp3) is 0.500. The SMILES string of the molecule is CCCCCCN(C(=O)C(C)NC(=O)OC(C)(C)C)C(C(=O)Nc1ccc(OC)cc1)c1ccc(O)c(C)c1. The first kappa shape index (κ1) is 31.5. The molecule has 0 radical (unpaired) electrons. The van der Waals surface area contributed by atoms with Crippen LogP contribution in [0.2, 0.25) is 0 Å². The molecule has 3 N–H and O–H groups in total. The maximum absolute atomic E-state index is 13.8. The lowest BCUT2D eigenvalue weighted by Crippen LogP contribution is -2.51. The molecular weight excluding hydrogens is 498 g/mol. The molecule has 0 fully saturated rings. The second kappa shape index (κ2) is 14.4. The molecule has 9 nitrogen and oxygen atoms in total. The zero-order valence-electron chi connectivity index (χ0n) is 24.2. The quantitative estimate of drug-likeness (QED) is 0.296. The molecule has 214 valence electrons. The number of phenolic OH excluding ortho intramolecular Hbond substituents is 1. The number of ether oxygens (including phenoxy) is 2. The minimum atomic E-state index is -1.01. The molecule has 0 aliphatic heterocycles. The number of nitrogens with zero attached hydrogens (tertiary/aromatic N) is 1. The van der Waals surface area contributed by atoms with E-state index in [-0.39, 0.29) is 5.75 Å². The molecule has 9 heteroatoms. The molecule has 0 heterocycles. The number of carbonyl (C=O) groups excluding carboxylic acids is 3. The van der Waals surface area contributed by atoms with Crippen molar-refractivity contribution in [2.24, 2.45) is 0 Å². The highest BCUT2D eigenvalue weighted by Gasteiger charge is 2.35. The van der Waals surface area contributed by atoms with Gasteiger partial charge in [0.05, 0.1) is 7.11 Å². The summed E-state index contributed by atoms with van der Waals surface area (Å²) in [6, 6.07) is 9.80. The number of amides is 3. The lowest BCUT2D eigenvalue weighted by Gasteiger charge is -2.34. The van der Waals surface area contributed by atoms with Crippen molar-refractivity contribution < 1.29 is 29.0 Å². The van der Waals surface area contributed by atoms with Crippen molar-refractivity contribution in [3.05, 3.63) is 53.6 Å². The standard InChI is InChI=1S/C30H43N3O6/c1-8-9-10-11-18-33(28(36)21(3)31-29(37)39-30(4,5)6)26(22-12-17-25(34)20(2)19-22)27(35)32-23-13-15-24(38-7)16-14-23/h12-17,19,21,26,34H,8-11,18H2,1-7H3,(H,31,37)(H,32,35). The van der Waals surface area contributed by atoms with Crippen LogP contribution in [0.15, 0.2) is 42.5 Å². The third-order valence-electron chi connectivity index (χ3n) is 6.09. The zero-order chi connectivity index (χ0) is 29.2. The van der Waals surface area contributed by atoms with Gasteiger partial charge in [0.1, 0.15) is 29.2 Å². The highest BCUT2D eigenvalue weighted by atomic mass is 16.6. The second-order valence-electron chi connectivity index (χ2n) is 10.6. The van der Waals surface area contributed by atoms with Gasteiger partial charge in [-0.05, 0) is 88.6 Å². The van der Waals surface area contributed by atoms with Crippen LogP contribution < -0.4 is 15.4 Å². The fourth-order valence-corrected chi connectivity index (χ4v) is 4.08. The summed E-state index contributed by atoms with van der Waals surface area (Å²) in [7, 11) is 1.56. The van der Waals surface area contributed by atoms with Crippen LogP contribution in [0.5, 0.6) is 11.5 Å². The first-order valence-electron chi connectivity index (χ1n) is 13.4. The largest absolute Gasteiger partial charge is 0.508 e. The summed E-state index contributed by atoms with van der Waals surface area (Å²) < 4.78 is 10.5. The maximum Gasteiger partial charge on any atom is 0.408 e. The van der Waals surface area contributed by atoms with Gasteiger partial charge < -0.3 is 30.1 Å². The molecule has 0 spiro atoms. The van der Waals surface area contributed by atoms with Gasteiger partial charge in [0.15, 0.2) is 0 Å². The Morgan fingerprint density at radius 3 is 2.26 bits per heavy atom. The van der Waals surface area contributed by atoms with Crippen molar-refractivity contribution in [2.75, 3.05) is 19.0 Å². The van der Waals surface area contributed by atoms with Gasteiger partial charge in [-0.25, -0.2) is 4.79 Å². The first-order chi connectivity index (χ1) is 18.4. The molecular formula is C30H43N3O6. The van der Waals surface area contributed by atoms with Crippen molar-refractivity contribution in [2.45, 2.75) is 84.9 Å². The molecule has 2 aromatic rings. The van der Waals surface area contributed by atoms with Crippen LogP contribution in [-0.2, 0) is 14.3 Å². The topological polar surface area (TPSA) is 117 Å². The average molecular weight is 542 g/mol. The molecule has 0 saturated carbocycles. The summed E-state index contributed by atoms with van der Waals surface area (Å²) in [6.45, 7) is 10.9. The van der Waals surface area contributed by atoms with Gasteiger partial charge in [-0.2, -0.15) is 0 Å². The fourth-order valence-electron chi connectivity index (χ4n) is 4.08. The molecule has 0 aliphatic rings. The van der Waals surface area contributed by atoms with Crippen molar-refractivity contribution in [3.8, 4) is 11.5 Å². The predicted molar refractivity (Wildman–Crippen MR) is 152 cm³/mol. The number of aromatic hydroxyl groups is 1. The smallest absolute Gasteiger partial charge is 0.408 e. The van der Waals surface area contributed by atoms with Gasteiger partial charge in [0, 0.05) is 12.2 Å². The molecule has 2 unspecified atom stereocenters. The second-order valence-corrected chi connectivity index (χ2v) is 10.6. The van der Waals surface area contributed by atoms with Crippen LogP contribution in [0, 0.1) is 6.92 Å². The predicted octanol–water partition coefficient (Wildman–Crippen LogP) is 5.71. The number of nitrogens with one attached hydrogen (secondary N) is 2. The summed E-state index contributed by atoms with van der Waals surface area (Å²) in [6.07, 6.45) is 2.87. The molecule has 3 amide bonds. The highest BCUT2D eigenvalue weighted by Crippen LogP contribution is 2.29. The summed E-state index contributed by atoms with van der Waals surface area (Å²) in [5.74, 6) is -0.0983. The van der Waals surface area contributed by atoms with Crippen LogP contribution in [-0.4, -0.2) is 53.2 Å². The highest BCUT2D eigenvalue weighted by molar-refractivity contribution is 5.99. The van der Waals surface area contributed by atoms with E-state index >= 15 is 0 Å². The van der Waals surface area contributed by atoms with E-state index < -0.39 is 35.6 Å². The normalized spacial score (nSPS) is 12.7. The maximum atomic E-state index is 13.8. The number of hydrogen-bond acceptors (Lipinski definition) is 6. The van der Waals surface area contributed by atoms with Crippen LogP contribution in [0.1, 0.15) is 77.5 Å². The number of unbranched alkanes of at least 4 members (excludes halogenated alkanes) is 3. The third kappa shape index (κ3) is 9.81. The Bertz CT molecular complexity index is 1110. The monoisotopic (exact) mass is 541 g/mol. The lowest BCUT2D eigenvalue weighted by atomic mass is 9.99. The van der Waals surface area contributed by atoms with Crippen LogP contribution >= 0.6 is 0 Å². The van der Waals surface area contributed by atoms with Crippen molar-refractivity contribution in [3.63, 3.8) is 0 Å². The number of benzene rings is 2. The van der Waals surface area contributed by atoms with Crippen LogP contribution in [0.3, 0.4) is 0 Å². The first-order valence-corrected chi connectivity index (χ1v) is 13.4. The molecule has 0 saturated heterocycles. The van der Waals surface area contributed by atoms with Crippen molar-refractivity contribution >= 4 is 23.6 Å². The summed E-state index contributed by atoms with van der Waals surface area (Å²) in [4.78, 5) is 41.6. The molecule has 0 aromatic heterocycles. The molecule has 0 bridgehead atoms. The Hall–Kier alpha value is -3.75. The summed E-state index contributed by atoms with van der Waals surface area (Å²) in [5.41, 5.74) is 0.939. The number of carbonyl (C=O) groups is 3. The Morgan fingerprint density at radius 1 is 1.03 bits per heavy atom. The lowest BCUT2D eigenvalue weighted by molar-refractivity contribution is -0.140. The molecule has 39 heavy (non-hydrogen) atoms. The van der Waals surface area contributed by atoms with Gasteiger partial charge in [-0.15, -0.1) is 0 Å². The number of hydrogen-bond donors (Lipinski definition) is 3. The van der Waals surface area contributed by atoms with E-state index in [1.165, 1.54) is 11.0 Å². The molecule has 0 aliphatic carbocycles. The van der Waals surface area contributed by atoms with Gasteiger partial charge in [-0.1, -0.05) is 32.3 Å². The number of anilines is 1. The van der Waals surface area contributed by atoms with E-state index in [1.807, 2.05) is 0 Å². The summed E-state index contributed by atoms with van der Waals surface area (Å²) >= 11 is 0. The van der Waals surface area contributed by atoms with Crippen LogP contribution in [0.25, 0.3) is 0 Å². The zero-order valence-corrected chi connectivity index (χ0v) is 24.2. The summed E-state index contributed by atoms with van der Waals surface area (Å²) in [5, 5.41) is 15.6. The van der Waals surface area contributed by atoms with E-state index in [1.54, 1.807) is 78.1 Å². The molecule has 2 rings (SSSR count). The third-order valence-corrected chi connectivity index (χ3v) is 6.09. The number of alkyl carbamates (subject to hydrolysis) is 1. The number of aryl methyl sites for hydroxylation is 1. The number of rotatable bonds is 12. The van der Waals surface area contributed by atoms with Crippen molar-refractivity contribution in [1.29, 1.82) is 0 Å². The van der Waals surface area contributed by atoms with Gasteiger partial charge in [0.2, 0.25) is 5.91 Å². The number of methoxy groups -OCH3 is 1.